The molecule has 0 spiro atoms. The highest BCUT2D eigenvalue weighted by Gasteiger charge is 2.19. The summed E-state index contributed by atoms with van der Waals surface area (Å²) in [5, 5.41) is 5.78. The summed E-state index contributed by atoms with van der Waals surface area (Å²) in [6.07, 6.45) is 1.79. The first-order valence-corrected chi connectivity index (χ1v) is 10.2. The van der Waals surface area contributed by atoms with Crippen molar-refractivity contribution in [1.29, 1.82) is 0 Å². The van der Waals surface area contributed by atoms with E-state index in [9.17, 15) is 0 Å². The van der Waals surface area contributed by atoms with Gasteiger partial charge < -0.3 is 9.30 Å². The molecule has 1 aliphatic rings. The molecular formula is C22H26N6O. The Morgan fingerprint density at radius 1 is 1.03 bits per heavy atom. The number of morpholine rings is 1. The lowest BCUT2D eigenvalue weighted by Gasteiger charge is -2.26. The fourth-order valence-electron chi connectivity index (χ4n) is 4.18. The van der Waals surface area contributed by atoms with Crippen LogP contribution in [0.5, 0.6) is 0 Å². The Balaban J connectivity index is 1.56. The lowest BCUT2D eigenvalue weighted by Crippen LogP contribution is -2.38. The van der Waals surface area contributed by atoms with Crippen molar-refractivity contribution in [3.63, 3.8) is 0 Å². The van der Waals surface area contributed by atoms with E-state index in [0.29, 0.717) is 0 Å². The number of hydrogen-bond acceptors (Lipinski definition) is 5. The zero-order valence-corrected chi connectivity index (χ0v) is 17.2. The Kier molecular flexibility index (Phi) is 4.56. The van der Waals surface area contributed by atoms with Crippen LogP contribution in [0.25, 0.3) is 28.1 Å². The van der Waals surface area contributed by atoms with Crippen molar-refractivity contribution < 1.29 is 4.74 Å². The van der Waals surface area contributed by atoms with E-state index in [1.807, 2.05) is 6.07 Å². The third kappa shape index (κ3) is 3.20. The topological polar surface area (TPSA) is 60.5 Å². The maximum Gasteiger partial charge on any atom is 0.182 e. The van der Waals surface area contributed by atoms with E-state index in [-0.39, 0.29) is 0 Å². The van der Waals surface area contributed by atoms with Gasteiger partial charge in [0.1, 0.15) is 12.0 Å². The molecule has 0 saturated carbocycles. The van der Waals surface area contributed by atoms with E-state index >= 15 is 0 Å². The number of benzene rings is 1. The second-order valence-corrected chi connectivity index (χ2v) is 7.83. The van der Waals surface area contributed by atoms with Crippen LogP contribution in [-0.4, -0.2) is 61.9 Å². The molecule has 0 bridgehead atoms. The molecule has 0 N–H and O–H groups in total. The molecule has 7 nitrogen and oxygen atoms in total. The minimum Gasteiger partial charge on any atom is -0.379 e. The summed E-state index contributed by atoms with van der Waals surface area (Å²) in [5.41, 5.74) is 6.56. The van der Waals surface area contributed by atoms with Crippen molar-refractivity contribution in [3.05, 3.63) is 47.4 Å². The Labute approximate surface area is 169 Å². The van der Waals surface area contributed by atoms with Crippen molar-refractivity contribution in [2.45, 2.75) is 27.3 Å². The maximum atomic E-state index is 5.47. The van der Waals surface area contributed by atoms with Crippen LogP contribution in [0.3, 0.4) is 0 Å². The second-order valence-electron chi connectivity index (χ2n) is 7.83. The standard InChI is InChI=1S/C22H26N6O/c1-15-5-4-6-18(13-15)20-24-22-19-16(2)17(3)27(21(19)23-14-28(22)25-20)8-7-26-9-11-29-12-10-26/h4-6,13-14H,7-12H2,1-3H3. The number of fused-ring (bicyclic) bond motifs is 3. The third-order valence-electron chi connectivity index (χ3n) is 5.97. The van der Waals surface area contributed by atoms with Crippen molar-refractivity contribution >= 4 is 16.7 Å². The van der Waals surface area contributed by atoms with Crippen LogP contribution in [-0.2, 0) is 11.3 Å². The average molecular weight is 390 g/mol. The van der Waals surface area contributed by atoms with E-state index in [1.54, 1.807) is 10.8 Å². The largest absolute Gasteiger partial charge is 0.379 e. The molecule has 5 rings (SSSR count). The summed E-state index contributed by atoms with van der Waals surface area (Å²) in [4.78, 5) is 12.1. The molecule has 29 heavy (non-hydrogen) atoms. The molecule has 150 valence electrons. The minimum absolute atomic E-state index is 0.737. The molecule has 7 heteroatoms. The van der Waals surface area contributed by atoms with Crippen LogP contribution in [0.15, 0.2) is 30.6 Å². The Morgan fingerprint density at radius 2 is 1.86 bits per heavy atom. The molecule has 0 unspecified atom stereocenters. The molecule has 4 heterocycles. The Hall–Kier alpha value is -2.77. The molecule has 1 aromatic carbocycles. The monoisotopic (exact) mass is 390 g/mol. The number of rotatable bonds is 4. The van der Waals surface area contributed by atoms with Gasteiger partial charge in [-0.1, -0.05) is 23.8 Å². The van der Waals surface area contributed by atoms with Gasteiger partial charge in [-0.25, -0.2) is 14.5 Å². The smallest absolute Gasteiger partial charge is 0.182 e. The number of nitrogens with zero attached hydrogens (tertiary/aromatic N) is 6. The highest BCUT2D eigenvalue weighted by molar-refractivity contribution is 5.94. The van der Waals surface area contributed by atoms with Crippen LogP contribution in [0, 0.1) is 20.8 Å². The van der Waals surface area contributed by atoms with Gasteiger partial charge in [0.05, 0.1) is 18.6 Å². The fraction of sp³-hybridized carbons (Fsp3) is 0.409. The van der Waals surface area contributed by atoms with E-state index < -0.39 is 0 Å². The quantitative estimate of drug-likeness (QED) is 0.536. The van der Waals surface area contributed by atoms with E-state index in [2.05, 4.69) is 53.5 Å². The van der Waals surface area contributed by atoms with Gasteiger partial charge >= 0.3 is 0 Å². The summed E-state index contributed by atoms with van der Waals surface area (Å²) in [7, 11) is 0. The van der Waals surface area contributed by atoms with Gasteiger partial charge in [-0.15, -0.1) is 5.10 Å². The average Bonchev–Trinajstić information content (AvgIpc) is 3.27. The van der Waals surface area contributed by atoms with Gasteiger partial charge in [0.25, 0.3) is 0 Å². The van der Waals surface area contributed by atoms with Crippen molar-refractivity contribution in [1.82, 2.24) is 29.0 Å². The lowest BCUT2D eigenvalue weighted by molar-refractivity contribution is 0.0364. The molecule has 0 aliphatic carbocycles. The van der Waals surface area contributed by atoms with Crippen molar-refractivity contribution in [2.24, 2.45) is 0 Å². The first kappa shape index (κ1) is 18.3. The maximum absolute atomic E-state index is 5.47. The summed E-state index contributed by atoms with van der Waals surface area (Å²) < 4.78 is 9.59. The van der Waals surface area contributed by atoms with E-state index in [4.69, 9.17) is 14.7 Å². The highest BCUT2D eigenvalue weighted by Crippen LogP contribution is 2.28. The van der Waals surface area contributed by atoms with Crippen LogP contribution in [0.4, 0.5) is 0 Å². The van der Waals surface area contributed by atoms with Gasteiger partial charge in [-0.2, -0.15) is 0 Å². The predicted molar refractivity (Wildman–Crippen MR) is 113 cm³/mol. The van der Waals surface area contributed by atoms with Gasteiger partial charge in [0.2, 0.25) is 0 Å². The molecule has 1 fully saturated rings. The van der Waals surface area contributed by atoms with Gasteiger partial charge in [0.15, 0.2) is 11.5 Å². The molecule has 0 amide bonds. The van der Waals surface area contributed by atoms with Crippen LogP contribution < -0.4 is 0 Å². The Morgan fingerprint density at radius 3 is 2.66 bits per heavy atom. The summed E-state index contributed by atoms with van der Waals surface area (Å²) in [5.74, 6) is 0.737. The molecule has 1 saturated heterocycles. The normalized spacial score (nSPS) is 15.6. The molecule has 0 radical (unpaired) electrons. The van der Waals surface area contributed by atoms with Gasteiger partial charge in [-0.3, -0.25) is 4.90 Å². The highest BCUT2D eigenvalue weighted by atomic mass is 16.5. The first-order valence-electron chi connectivity index (χ1n) is 10.2. The molecule has 4 aromatic rings. The fourth-order valence-corrected chi connectivity index (χ4v) is 4.18. The lowest BCUT2D eigenvalue weighted by atomic mass is 10.1. The second kappa shape index (κ2) is 7.24. The number of aromatic nitrogens is 5. The predicted octanol–water partition coefficient (Wildman–Crippen LogP) is 3.00. The van der Waals surface area contributed by atoms with E-state index in [1.165, 1.54) is 16.8 Å². The molecule has 0 atom stereocenters. The van der Waals surface area contributed by atoms with Crippen molar-refractivity contribution in [3.8, 4) is 11.4 Å². The number of hydrogen-bond donors (Lipinski definition) is 0. The summed E-state index contributed by atoms with van der Waals surface area (Å²) in [6, 6.07) is 8.30. The van der Waals surface area contributed by atoms with Crippen LogP contribution in [0.2, 0.25) is 0 Å². The zero-order valence-electron chi connectivity index (χ0n) is 17.2. The number of aryl methyl sites for hydroxylation is 2. The number of ether oxygens (including phenoxy) is 1. The zero-order chi connectivity index (χ0) is 20.0. The van der Waals surface area contributed by atoms with Crippen LogP contribution in [0.1, 0.15) is 16.8 Å². The SMILES string of the molecule is Cc1cccc(-c2nc3c4c(C)c(C)n(CCN5CCOCC5)c4ncn3n2)c1. The summed E-state index contributed by atoms with van der Waals surface area (Å²) in [6.45, 7) is 12.0. The molecular weight excluding hydrogens is 364 g/mol. The Bertz CT molecular complexity index is 1190. The molecule has 1 aliphatic heterocycles. The van der Waals surface area contributed by atoms with Gasteiger partial charge in [-0.05, 0) is 32.4 Å². The third-order valence-corrected chi connectivity index (χ3v) is 5.97. The van der Waals surface area contributed by atoms with Crippen LogP contribution >= 0.6 is 0 Å². The van der Waals surface area contributed by atoms with Crippen molar-refractivity contribution in [2.75, 3.05) is 32.8 Å². The first-order chi connectivity index (χ1) is 14.1. The minimum atomic E-state index is 0.737. The molecule has 3 aromatic heterocycles. The van der Waals surface area contributed by atoms with Gasteiger partial charge in [0, 0.05) is 37.4 Å². The summed E-state index contributed by atoms with van der Waals surface area (Å²) >= 11 is 0. The van der Waals surface area contributed by atoms with E-state index in [0.717, 1.165) is 67.5 Å².